The highest BCUT2D eigenvalue weighted by Crippen LogP contribution is 2.23. The van der Waals surface area contributed by atoms with Crippen molar-refractivity contribution in [2.45, 2.75) is 32.2 Å². The van der Waals surface area contributed by atoms with Gasteiger partial charge in [-0.2, -0.15) is 0 Å². The van der Waals surface area contributed by atoms with Gasteiger partial charge in [0.15, 0.2) is 0 Å². The minimum atomic E-state index is -0.988. The van der Waals surface area contributed by atoms with E-state index in [-0.39, 0.29) is 12.2 Å². The molecule has 0 bridgehead atoms. The van der Waals surface area contributed by atoms with Crippen LogP contribution in [0.15, 0.2) is 40.0 Å². The number of hydrogen-bond donors (Lipinski definition) is 2. The van der Waals surface area contributed by atoms with Crippen LogP contribution in [0.1, 0.15) is 35.7 Å². The van der Waals surface area contributed by atoms with Gasteiger partial charge in [0.2, 0.25) is 0 Å². The van der Waals surface area contributed by atoms with Crippen molar-refractivity contribution in [1.82, 2.24) is 20.0 Å². The van der Waals surface area contributed by atoms with E-state index in [0.29, 0.717) is 22.7 Å². The Labute approximate surface area is 142 Å². The van der Waals surface area contributed by atoms with E-state index in [1.807, 2.05) is 13.8 Å². The van der Waals surface area contributed by atoms with Gasteiger partial charge in [0, 0.05) is 29.5 Å². The van der Waals surface area contributed by atoms with E-state index < -0.39 is 16.2 Å². The number of aromatic nitrogens is 2. The first-order valence-corrected chi connectivity index (χ1v) is 7.96. The lowest BCUT2D eigenvalue weighted by Crippen LogP contribution is -2.26. The Balaban J connectivity index is 0.00000139. The van der Waals surface area contributed by atoms with Crippen molar-refractivity contribution in [2.24, 2.45) is 0 Å². The number of amides is 1. The third-order valence-corrected chi connectivity index (χ3v) is 3.26. The highest BCUT2D eigenvalue weighted by Gasteiger charge is 2.09. The van der Waals surface area contributed by atoms with Crippen LogP contribution in [0.2, 0.25) is 0 Å². The van der Waals surface area contributed by atoms with Gasteiger partial charge in [0.05, 0.1) is 4.75 Å². The summed E-state index contributed by atoms with van der Waals surface area (Å²) in [6.07, 6.45) is 0. The standard InChI is InChI=1S/C13H12F2N4O2S.C2H6/c1-8-17-11(6-12(20)18-8)13(21)16-7-9-2-4-10(5-3-9)22-19(14)15;1-2/h2-6H,7H2,1H3,(H,16,21)(H,17,18,20);1-2H3. The average Bonchev–Trinajstić information content (AvgIpc) is 2.54. The highest BCUT2D eigenvalue weighted by atomic mass is 32.2. The van der Waals surface area contributed by atoms with Gasteiger partial charge >= 0.3 is 0 Å². The first-order valence-electron chi connectivity index (χ1n) is 7.19. The number of hydrogen-bond acceptors (Lipinski definition) is 5. The summed E-state index contributed by atoms with van der Waals surface area (Å²) in [5.74, 6) is -0.132. The number of aromatic amines is 1. The molecule has 24 heavy (non-hydrogen) atoms. The molecule has 0 fully saturated rings. The van der Waals surface area contributed by atoms with Crippen molar-refractivity contribution in [3.05, 3.63) is 57.8 Å². The Morgan fingerprint density at radius 1 is 1.29 bits per heavy atom. The Bertz CT molecular complexity index is 720. The van der Waals surface area contributed by atoms with Crippen molar-refractivity contribution in [3.63, 3.8) is 0 Å². The predicted octanol–water partition coefficient (Wildman–Crippen LogP) is 3.11. The van der Waals surface area contributed by atoms with E-state index in [1.165, 1.54) is 12.1 Å². The summed E-state index contributed by atoms with van der Waals surface area (Å²) >= 11 is 0.296. The first kappa shape index (κ1) is 19.8. The molecule has 0 spiro atoms. The zero-order chi connectivity index (χ0) is 18.1. The lowest BCUT2D eigenvalue weighted by atomic mass is 10.2. The lowest BCUT2D eigenvalue weighted by molar-refractivity contribution is -0.0401. The van der Waals surface area contributed by atoms with Gasteiger partial charge in [-0.1, -0.05) is 34.9 Å². The second-order valence-corrected chi connectivity index (χ2v) is 5.27. The molecular weight excluding hydrogens is 338 g/mol. The molecule has 1 heterocycles. The van der Waals surface area contributed by atoms with Crippen molar-refractivity contribution in [2.75, 3.05) is 0 Å². The molecule has 0 radical (unpaired) electrons. The van der Waals surface area contributed by atoms with Gasteiger partial charge in [0.25, 0.3) is 11.5 Å². The number of nitrogens with zero attached hydrogens (tertiary/aromatic N) is 2. The van der Waals surface area contributed by atoms with E-state index in [4.69, 9.17) is 0 Å². The highest BCUT2D eigenvalue weighted by molar-refractivity contribution is 7.96. The Hall–Kier alpha value is -2.26. The molecule has 0 unspecified atom stereocenters. The van der Waals surface area contributed by atoms with Gasteiger partial charge in [0.1, 0.15) is 11.5 Å². The summed E-state index contributed by atoms with van der Waals surface area (Å²) in [6, 6.07) is 7.41. The number of nitrogens with one attached hydrogen (secondary N) is 2. The van der Waals surface area contributed by atoms with Gasteiger partial charge in [-0.15, -0.1) is 0 Å². The van der Waals surface area contributed by atoms with Crippen molar-refractivity contribution in [3.8, 4) is 0 Å². The summed E-state index contributed by atoms with van der Waals surface area (Å²) in [7, 11) is 0. The van der Waals surface area contributed by atoms with Crippen LogP contribution < -0.4 is 10.9 Å². The molecule has 2 N–H and O–H groups in total. The molecule has 1 amide bonds. The summed E-state index contributed by atoms with van der Waals surface area (Å²) in [5.41, 5.74) is 0.364. The molecular formula is C15H18F2N4O2S. The maximum Gasteiger partial charge on any atom is 0.270 e. The number of benzene rings is 1. The Kier molecular flexibility index (Phi) is 8.07. The third-order valence-electron chi connectivity index (χ3n) is 2.64. The quantitative estimate of drug-likeness (QED) is 0.636. The lowest BCUT2D eigenvalue weighted by Gasteiger charge is -2.06. The molecule has 0 aliphatic carbocycles. The zero-order valence-electron chi connectivity index (χ0n) is 13.5. The smallest absolute Gasteiger partial charge is 0.270 e. The van der Waals surface area contributed by atoms with Crippen LogP contribution in [0, 0.1) is 6.92 Å². The number of rotatable bonds is 5. The van der Waals surface area contributed by atoms with Crippen LogP contribution in [-0.4, -0.2) is 20.6 Å². The fraction of sp³-hybridized carbons (Fsp3) is 0.267. The minimum Gasteiger partial charge on any atom is -0.347 e. The van der Waals surface area contributed by atoms with Gasteiger partial charge < -0.3 is 10.3 Å². The number of halogens is 2. The molecule has 1 aromatic carbocycles. The number of aryl methyl sites for hydroxylation is 1. The molecule has 0 saturated heterocycles. The first-order chi connectivity index (χ1) is 11.4. The summed E-state index contributed by atoms with van der Waals surface area (Å²) < 4.78 is 23.1. The van der Waals surface area contributed by atoms with Gasteiger partial charge in [-0.25, -0.2) is 4.98 Å². The number of H-pyrrole nitrogens is 1. The van der Waals surface area contributed by atoms with Crippen molar-refractivity contribution >= 4 is 17.9 Å². The predicted molar refractivity (Wildman–Crippen MR) is 88.5 cm³/mol. The van der Waals surface area contributed by atoms with Crippen LogP contribution in [0.25, 0.3) is 0 Å². The van der Waals surface area contributed by atoms with Gasteiger partial charge in [-0.3, -0.25) is 9.59 Å². The number of carbonyl (C=O) groups excluding carboxylic acids is 1. The van der Waals surface area contributed by atoms with E-state index in [0.717, 1.165) is 11.6 Å². The van der Waals surface area contributed by atoms with Crippen molar-refractivity contribution in [1.29, 1.82) is 0 Å². The van der Waals surface area contributed by atoms with Gasteiger partial charge in [-0.05, 0) is 24.6 Å². The molecule has 130 valence electrons. The van der Waals surface area contributed by atoms with Crippen molar-refractivity contribution < 1.29 is 13.8 Å². The average molecular weight is 356 g/mol. The van der Waals surface area contributed by atoms with Crippen LogP contribution in [0.3, 0.4) is 0 Å². The van der Waals surface area contributed by atoms with Crippen LogP contribution in [0.4, 0.5) is 8.96 Å². The Morgan fingerprint density at radius 2 is 1.92 bits per heavy atom. The second-order valence-electron chi connectivity index (χ2n) is 4.34. The maximum absolute atomic E-state index is 12.0. The fourth-order valence-corrected chi connectivity index (χ4v) is 2.13. The molecule has 0 atom stereocenters. The molecule has 0 aliphatic rings. The number of carbonyl (C=O) groups is 1. The van der Waals surface area contributed by atoms with E-state index in [9.17, 15) is 18.6 Å². The fourth-order valence-electron chi connectivity index (χ4n) is 1.72. The van der Waals surface area contributed by atoms with Crippen LogP contribution in [0.5, 0.6) is 0 Å². The summed E-state index contributed by atoms with van der Waals surface area (Å²) in [5, 5.41) is 2.61. The third kappa shape index (κ3) is 6.47. The molecule has 9 heteroatoms. The molecule has 0 aliphatic heterocycles. The van der Waals surface area contributed by atoms with Crippen LogP contribution in [-0.2, 0) is 6.54 Å². The largest absolute Gasteiger partial charge is 0.347 e. The molecule has 2 rings (SSSR count). The van der Waals surface area contributed by atoms with E-state index >= 15 is 0 Å². The molecule has 0 saturated carbocycles. The normalized spacial score (nSPS) is 10.1. The second kappa shape index (κ2) is 9.78. The van der Waals surface area contributed by atoms with Crippen LogP contribution >= 0.6 is 11.9 Å². The molecule has 6 nitrogen and oxygen atoms in total. The SMILES string of the molecule is CC.Cc1nc(C(=O)NCc2ccc(SN(F)F)cc2)cc(=O)[nH]1. The zero-order valence-corrected chi connectivity index (χ0v) is 14.3. The van der Waals surface area contributed by atoms with E-state index in [2.05, 4.69) is 15.3 Å². The maximum atomic E-state index is 12.0. The molecule has 2 aromatic rings. The summed E-state index contributed by atoms with van der Waals surface area (Å²) in [6.45, 7) is 5.78. The monoisotopic (exact) mass is 356 g/mol. The molecule has 1 aromatic heterocycles. The van der Waals surface area contributed by atoms with E-state index in [1.54, 1.807) is 19.1 Å². The Morgan fingerprint density at radius 3 is 2.46 bits per heavy atom. The topological polar surface area (TPSA) is 78.1 Å². The summed E-state index contributed by atoms with van der Waals surface area (Å²) in [4.78, 5) is 29.9. The minimum absolute atomic E-state index is 0.0268.